The van der Waals surface area contributed by atoms with Crippen molar-refractivity contribution in [2.45, 2.75) is 4.90 Å². The molecule has 3 aromatic rings. The van der Waals surface area contributed by atoms with Gasteiger partial charge in [-0.2, -0.15) is 0 Å². The second kappa shape index (κ2) is 8.29. The van der Waals surface area contributed by atoms with Crippen LogP contribution in [-0.4, -0.2) is 57.8 Å². The fourth-order valence-electron chi connectivity index (χ4n) is 3.59. The first-order valence-corrected chi connectivity index (χ1v) is 10.5. The van der Waals surface area contributed by atoms with Crippen LogP contribution in [0.2, 0.25) is 0 Å². The number of carbonyl (C=O) groups excluding carboxylic acids is 1. The second-order valence-electron chi connectivity index (χ2n) is 6.95. The van der Waals surface area contributed by atoms with Gasteiger partial charge in [-0.25, -0.2) is 0 Å². The largest absolute Gasteiger partial charge is 0.768 e. The number of aromatic amines is 1. The van der Waals surface area contributed by atoms with Gasteiger partial charge in [-0.3, -0.25) is 13.8 Å². The van der Waals surface area contributed by atoms with Gasteiger partial charge in [-0.1, -0.05) is 0 Å². The van der Waals surface area contributed by atoms with E-state index in [0.29, 0.717) is 31.7 Å². The highest BCUT2D eigenvalue weighted by atomic mass is 32.2. The number of H-pyrrole nitrogens is 1. The number of aromatic nitrogens is 1. The SMILES string of the molecule is COc1ccc(N2CCN(C(=O)c3c[nH]c4ccc(S(=O)[O-])cc4c3=O)CC2)cc1. The molecule has 0 aliphatic carbocycles. The molecule has 1 aromatic heterocycles. The maximum atomic E-state index is 13.0. The highest BCUT2D eigenvalue weighted by Crippen LogP contribution is 2.21. The molecule has 30 heavy (non-hydrogen) atoms. The average molecular weight is 426 g/mol. The number of piperazine rings is 1. The maximum absolute atomic E-state index is 13.0. The molecule has 1 saturated heterocycles. The van der Waals surface area contributed by atoms with Crippen molar-refractivity contribution in [1.29, 1.82) is 0 Å². The number of nitrogens with one attached hydrogen (secondary N) is 1. The quantitative estimate of drug-likeness (QED) is 0.637. The van der Waals surface area contributed by atoms with E-state index in [0.717, 1.165) is 11.4 Å². The Morgan fingerprint density at radius 1 is 1.10 bits per heavy atom. The molecule has 2 aromatic carbocycles. The minimum Gasteiger partial charge on any atom is -0.768 e. The van der Waals surface area contributed by atoms with Crippen molar-refractivity contribution in [2.75, 3.05) is 38.2 Å². The number of anilines is 1. The molecule has 9 heteroatoms. The van der Waals surface area contributed by atoms with E-state index in [1.165, 1.54) is 24.4 Å². The van der Waals surface area contributed by atoms with Crippen molar-refractivity contribution in [2.24, 2.45) is 0 Å². The zero-order valence-electron chi connectivity index (χ0n) is 16.3. The third-order valence-corrected chi connectivity index (χ3v) is 5.92. The van der Waals surface area contributed by atoms with Crippen molar-refractivity contribution >= 4 is 33.6 Å². The topological polar surface area (TPSA) is 106 Å². The predicted molar refractivity (Wildman–Crippen MR) is 113 cm³/mol. The van der Waals surface area contributed by atoms with E-state index in [2.05, 4.69) is 9.88 Å². The highest BCUT2D eigenvalue weighted by Gasteiger charge is 2.24. The van der Waals surface area contributed by atoms with E-state index in [9.17, 15) is 18.4 Å². The van der Waals surface area contributed by atoms with Crippen LogP contribution in [0.3, 0.4) is 0 Å². The molecule has 1 fully saturated rings. The van der Waals surface area contributed by atoms with Gasteiger partial charge >= 0.3 is 0 Å². The number of nitrogens with zero attached hydrogens (tertiary/aromatic N) is 2. The molecule has 0 bridgehead atoms. The lowest BCUT2D eigenvalue weighted by Crippen LogP contribution is -2.49. The lowest BCUT2D eigenvalue weighted by atomic mass is 10.1. The summed E-state index contributed by atoms with van der Waals surface area (Å²) in [6.07, 6.45) is 1.40. The van der Waals surface area contributed by atoms with Gasteiger partial charge in [0.1, 0.15) is 11.3 Å². The number of carbonyl (C=O) groups is 1. The van der Waals surface area contributed by atoms with Crippen LogP contribution in [-0.2, 0) is 11.1 Å². The van der Waals surface area contributed by atoms with Crippen LogP contribution in [0.1, 0.15) is 10.4 Å². The molecule has 8 nitrogen and oxygen atoms in total. The summed E-state index contributed by atoms with van der Waals surface area (Å²) >= 11 is -2.45. The molecule has 1 atom stereocenters. The van der Waals surface area contributed by atoms with Crippen molar-refractivity contribution in [3.8, 4) is 5.75 Å². The van der Waals surface area contributed by atoms with Crippen LogP contribution in [0.4, 0.5) is 5.69 Å². The second-order valence-corrected chi connectivity index (χ2v) is 7.89. The zero-order chi connectivity index (χ0) is 21.3. The van der Waals surface area contributed by atoms with Gasteiger partial charge in [0.25, 0.3) is 5.91 Å². The van der Waals surface area contributed by atoms with Gasteiger partial charge in [0.05, 0.1) is 7.11 Å². The van der Waals surface area contributed by atoms with Crippen molar-refractivity contribution in [1.82, 2.24) is 9.88 Å². The first-order chi connectivity index (χ1) is 14.5. The summed E-state index contributed by atoms with van der Waals surface area (Å²) in [7, 11) is 1.62. The Kier molecular flexibility index (Phi) is 5.56. The van der Waals surface area contributed by atoms with E-state index in [1.807, 2.05) is 24.3 Å². The normalized spacial score (nSPS) is 15.3. The lowest BCUT2D eigenvalue weighted by molar-refractivity contribution is 0.0745. The Bertz CT molecular complexity index is 1170. The third-order valence-electron chi connectivity index (χ3n) is 5.28. The molecule has 1 aliphatic heterocycles. The van der Waals surface area contributed by atoms with E-state index >= 15 is 0 Å². The number of rotatable bonds is 4. The Morgan fingerprint density at radius 3 is 2.43 bits per heavy atom. The fourth-order valence-corrected chi connectivity index (χ4v) is 3.98. The predicted octanol–water partition coefficient (Wildman–Crippen LogP) is 1.74. The lowest BCUT2D eigenvalue weighted by Gasteiger charge is -2.36. The van der Waals surface area contributed by atoms with Crippen LogP contribution >= 0.6 is 0 Å². The summed E-state index contributed by atoms with van der Waals surface area (Å²) in [5.41, 5.74) is 1.06. The van der Waals surface area contributed by atoms with Crippen LogP contribution in [0.15, 0.2) is 58.4 Å². The van der Waals surface area contributed by atoms with Crippen molar-refractivity contribution < 1.29 is 18.3 Å². The van der Waals surface area contributed by atoms with Crippen LogP contribution in [0.25, 0.3) is 10.9 Å². The number of amides is 1. The number of hydrogen-bond donors (Lipinski definition) is 1. The van der Waals surface area contributed by atoms with Gasteiger partial charge < -0.3 is 24.1 Å². The van der Waals surface area contributed by atoms with Crippen LogP contribution < -0.4 is 15.1 Å². The molecule has 1 N–H and O–H groups in total. The Morgan fingerprint density at radius 2 is 1.80 bits per heavy atom. The Balaban J connectivity index is 1.52. The van der Waals surface area contributed by atoms with Gasteiger partial charge in [0.2, 0.25) is 5.43 Å². The molecule has 0 radical (unpaired) electrons. The zero-order valence-corrected chi connectivity index (χ0v) is 17.1. The summed E-state index contributed by atoms with van der Waals surface area (Å²) in [5, 5.41) is 0.180. The van der Waals surface area contributed by atoms with Crippen LogP contribution in [0.5, 0.6) is 5.75 Å². The Labute approximate surface area is 175 Å². The number of benzene rings is 2. The standard InChI is InChI=1S/C21H21N3O5S/c1-29-15-4-2-14(3-5-15)23-8-10-24(11-9-23)21(26)18-13-22-19-7-6-16(30(27)28)12-17(19)20(18)25/h2-7,12-13H,8-11H2,1H3,(H,22,25)(H,27,28)/p-1. The first kappa shape index (κ1) is 20.1. The molecule has 2 heterocycles. The van der Waals surface area contributed by atoms with Gasteiger partial charge in [0, 0.05) is 53.9 Å². The molecular formula is C21H20N3O5S-. The van der Waals surface area contributed by atoms with Gasteiger partial charge in [-0.15, -0.1) is 0 Å². The minimum absolute atomic E-state index is 0.00528. The van der Waals surface area contributed by atoms with Crippen LogP contribution in [0, 0.1) is 0 Å². The summed E-state index contributed by atoms with van der Waals surface area (Å²) in [5.74, 6) is 0.424. The van der Waals surface area contributed by atoms with E-state index in [-0.39, 0.29) is 21.8 Å². The van der Waals surface area contributed by atoms with Gasteiger partial charge in [0.15, 0.2) is 0 Å². The van der Waals surface area contributed by atoms with E-state index < -0.39 is 16.5 Å². The fraction of sp³-hybridized carbons (Fsp3) is 0.238. The maximum Gasteiger partial charge on any atom is 0.259 e. The monoisotopic (exact) mass is 426 g/mol. The summed E-state index contributed by atoms with van der Waals surface area (Å²) in [4.78, 5) is 32.5. The number of methoxy groups -OCH3 is 1. The first-order valence-electron chi connectivity index (χ1n) is 9.41. The molecule has 1 unspecified atom stereocenters. The van der Waals surface area contributed by atoms with E-state index in [4.69, 9.17) is 4.74 Å². The van der Waals surface area contributed by atoms with Crippen molar-refractivity contribution in [3.05, 3.63) is 64.4 Å². The smallest absolute Gasteiger partial charge is 0.259 e. The molecular weight excluding hydrogens is 406 g/mol. The molecule has 4 rings (SSSR count). The molecule has 1 amide bonds. The summed E-state index contributed by atoms with van der Waals surface area (Å²) in [6, 6.07) is 11.9. The summed E-state index contributed by atoms with van der Waals surface area (Å²) < 4.78 is 27.6. The third kappa shape index (κ3) is 3.81. The molecule has 1 aliphatic rings. The number of fused-ring (bicyclic) bond motifs is 1. The number of pyridine rings is 1. The van der Waals surface area contributed by atoms with Crippen molar-refractivity contribution in [3.63, 3.8) is 0 Å². The molecule has 156 valence electrons. The van der Waals surface area contributed by atoms with E-state index in [1.54, 1.807) is 12.0 Å². The number of ether oxygens (including phenoxy) is 1. The highest BCUT2D eigenvalue weighted by molar-refractivity contribution is 7.79. The number of hydrogen-bond acceptors (Lipinski definition) is 6. The molecule has 0 spiro atoms. The van der Waals surface area contributed by atoms with Gasteiger partial charge in [-0.05, 0) is 53.5 Å². The Hall–Kier alpha value is -3.17. The minimum atomic E-state index is -2.45. The average Bonchev–Trinajstić information content (AvgIpc) is 2.79. The molecule has 0 saturated carbocycles. The summed E-state index contributed by atoms with van der Waals surface area (Å²) in [6.45, 7) is 2.24.